The van der Waals surface area contributed by atoms with Gasteiger partial charge in [-0.2, -0.15) is 0 Å². The largest absolute Gasteiger partial charge is 0.327 e. The van der Waals surface area contributed by atoms with E-state index in [2.05, 4.69) is 13.8 Å². The molecule has 1 nitrogen and oxygen atoms in total. The van der Waals surface area contributed by atoms with E-state index in [0.29, 0.717) is 0 Å². The zero-order valence-corrected chi connectivity index (χ0v) is 10.3. The van der Waals surface area contributed by atoms with Crippen molar-refractivity contribution in [1.82, 2.24) is 0 Å². The molecule has 1 aromatic carbocycles. The van der Waals surface area contributed by atoms with Gasteiger partial charge in [0.05, 0.1) is 0 Å². The Labute approximate surface area is 101 Å². The topological polar surface area (TPSA) is 26.0 Å². The molecule has 2 unspecified atom stereocenters. The molecule has 0 heterocycles. The van der Waals surface area contributed by atoms with Crippen molar-refractivity contribution in [2.45, 2.75) is 45.1 Å². The van der Waals surface area contributed by atoms with E-state index in [0.717, 1.165) is 24.8 Å². The summed E-state index contributed by atoms with van der Waals surface area (Å²) in [6.07, 6.45) is 2.96. The third kappa shape index (κ3) is 2.65. The zero-order chi connectivity index (χ0) is 12.6. The van der Waals surface area contributed by atoms with Gasteiger partial charge in [0.25, 0.3) is 0 Å². The quantitative estimate of drug-likeness (QED) is 0.796. The Morgan fingerprint density at radius 1 is 1.24 bits per heavy atom. The molecule has 0 spiro atoms. The number of hydrogen-bond donors (Lipinski definition) is 1. The molecule has 0 aliphatic heterocycles. The van der Waals surface area contributed by atoms with Gasteiger partial charge in [-0.3, -0.25) is 0 Å². The predicted molar refractivity (Wildman–Crippen MR) is 64.7 cm³/mol. The first kappa shape index (κ1) is 12.5. The normalized spacial score (nSPS) is 28.1. The molecule has 0 bridgehead atoms. The van der Waals surface area contributed by atoms with Crippen molar-refractivity contribution >= 4 is 0 Å². The summed E-state index contributed by atoms with van der Waals surface area (Å²) in [6.45, 7) is 4.40. The Kier molecular flexibility index (Phi) is 3.21. The van der Waals surface area contributed by atoms with Gasteiger partial charge in [0.1, 0.15) is 0 Å². The molecule has 2 N–H and O–H groups in total. The zero-order valence-electron chi connectivity index (χ0n) is 10.3. The number of rotatable bonds is 1. The molecule has 0 amide bonds. The van der Waals surface area contributed by atoms with Crippen molar-refractivity contribution in [3.05, 3.63) is 35.4 Å². The molecule has 2 rings (SSSR count). The fourth-order valence-electron chi connectivity index (χ4n) is 2.72. The van der Waals surface area contributed by atoms with E-state index in [4.69, 9.17) is 5.73 Å². The van der Waals surface area contributed by atoms with Crippen LogP contribution in [-0.2, 0) is 0 Å². The number of nitrogens with two attached hydrogens (primary N) is 1. The Morgan fingerprint density at radius 2 is 1.94 bits per heavy atom. The lowest BCUT2D eigenvalue weighted by Gasteiger charge is -2.39. The second-order valence-corrected chi connectivity index (χ2v) is 5.85. The van der Waals surface area contributed by atoms with Crippen LogP contribution < -0.4 is 5.73 Å². The molecule has 0 aromatic heterocycles. The lowest BCUT2D eigenvalue weighted by Crippen LogP contribution is -2.37. The lowest BCUT2D eigenvalue weighted by atomic mass is 9.68. The molecule has 1 aliphatic rings. The van der Waals surface area contributed by atoms with Crippen LogP contribution in [0.25, 0.3) is 0 Å². The van der Waals surface area contributed by atoms with Crippen LogP contribution in [0.3, 0.4) is 0 Å². The average Bonchev–Trinajstić information content (AvgIpc) is 2.26. The van der Waals surface area contributed by atoms with Crippen LogP contribution in [0.4, 0.5) is 8.78 Å². The van der Waals surface area contributed by atoms with Gasteiger partial charge in [-0.05, 0) is 48.3 Å². The highest BCUT2D eigenvalue weighted by molar-refractivity contribution is 5.24. The summed E-state index contributed by atoms with van der Waals surface area (Å²) in [7, 11) is 0. The molecule has 17 heavy (non-hydrogen) atoms. The maximum Gasteiger partial charge on any atom is 0.159 e. The second-order valence-electron chi connectivity index (χ2n) is 5.85. The minimum absolute atomic E-state index is 0.0490. The minimum atomic E-state index is -0.794. The monoisotopic (exact) mass is 239 g/mol. The number of hydrogen-bond acceptors (Lipinski definition) is 1. The summed E-state index contributed by atoms with van der Waals surface area (Å²) in [6, 6.07) is 4.19. The maximum absolute atomic E-state index is 13.2. The van der Waals surface area contributed by atoms with Crippen LogP contribution in [0, 0.1) is 17.0 Å². The predicted octanol–water partition coefficient (Wildman–Crippen LogP) is 3.59. The van der Waals surface area contributed by atoms with Crippen LogP contribution >= 0.6 is 0 Å². The first-order valence-corrected chi connectivity index (χ1v) is 6.09. The summed E-state index contributed by atoms with van der Waals surface area (Å²) in [5.41, 5.74) is 7.15. The SMILES string of the molecule is CC1(C)CCC(N)C(c2ccc(F)c(F)c2)C1. The van der Waals surface area contributed by atoms with Crippen LogP contribution in [0.15, 0.2) is 18.2 Å². The Balaban J connectivity index is 2.28. The van der Waals surface area contributed by atoms with E-state index in [1.165, 1.54) is 12.1 Å². The van der Waals surface area contributed by atoms with Gasteiger partial charge in [0.15, 0.2) is 11.6 Å². The standard InChI is InChI=1S/C14H19F2N/c1-14(2)6-5-13(17)10(8-14)9-3-4-11(15)12(16)7-9/h3-4,7,10,13H,5-6,8,17H2,1-2H3. The van der Waals surface area contributed by atoms with Crippen molar-refractivity contribution in [3.8, 4) is 0 Å². The smallest absolute Gasteiger partial charge is 0.159 e. The summed E-state index contributed by atoms with van der Waals surface area (Å²) < 4.78 is 26.1. The van der Waals surface area contributed by atoms with Crippen LogP contribution in [0.1, 0.15) is 44.6 Å². The summed E-state index contributed by atoms with van der Waals surface area (Å²) in [5.74, 6) is -1.44. The molecular formula is C14H19F2N. The van der Waals surface area contributed by atoms with Crippen molar-refractivity contribution in [2.75, 3.05) is 0 Å². The highest BCUT2D eigenvalue weighted by Gasteiger charge is 2.34. The van der Waals surface area contributed by atoms with E-state index >= 15 is 0 Å². The van der Waals surface area contributed by atoms with E-state index in [1.807, 2.05) is 0 Å². The third-order valence-corrected chi connectivity index (χ3v) is 3.82. The van der Waals surface area contributed by atoms with Crippen LogP contribution in [0.5, 0.6) is 0 Å². The van der Waals surface area contributed by atoms with Gasteiger partial charge < -0.3 is 5.73 Å². The fraction of sp³-hybridized carbons (Fsp3) is 0.571. The average molecular weight is 239 g/mol. The fourth-order valence-corrected chi connectivity index (χ4v) is 2.72. The van der Waals surface area contributed by atoms with E-state index in [-0.39, 0.29) is 17.4 Å². The molecule has 2 atom stereocenters. The van der Waals surface area contributed by atoms with Gasteiger partial charge in [-0.15, -0.1) is 0 Å². The second kappa shape index (κ2) is 4.37. The molecule has 0 saturated heterocycles. The first-order valence-electron chi connectivity index (χ1n) is 6.09. The molecule has 1 fully saturated rings. The van der Waals surface area contributed by atoms with Crippen LogP contribution in [0.2, 0.25) is 0 Å². The van der Waals surface area contributed by atoms with Crippen LogP contribution in [-0.4, -0.2) is 6.04 Å². The van der Waals surface area contributed by atoms with E-state index in [1.54, 1.807) is 6.07 Å². The van der Waals surface area contributed by atoms with Crippen molar-refractivity contribution in [3.63, 3.8) is 0 Å². The van der Waals surface area contributed by atoms with Gasteiger partial charge >= 0.3 is 0 Å². The van der Waals surface area contributed by atoms with Gasteiger partial charge in [0, 0.05) is 6.04 Å². The van der Waals surface area contributed by atoms with Gasteiger partial charge in [-0.25, -0.2) is 8.78 Å². The Hall–Kier alpha value is -0.960. The van der Waals surface area contributed by atoms with E-state index < -0.39 is 11.6 Å². The molecule has 1 aromatic rings. The maximum atomic E-state index is 13.2. The third-order valence-electron chi connectivity index (χ3n) is 3.82. The summed E-state index contributed by atoms with van der Waals surface area (Å²) >= 11 is 0. The first-order chi connectivity index (χ1) is 7.89. The highest BCUT2D eigenvalue weighted by atomic mass is 19.2. The van der Waals surface area contributed by atoms with E-state index in [9.17, 15) is 8.78 Å². The number of halogens is 2. The number of benzene rings is 1. The molecule has 1 aliphatic carbocycles. The van der Waals surface area contributed by atoms with Crippen molar-refractivity contribution < 1.29 is 8.78 Å². The molecular weight excluding hydrogens is 220 g/mol. The Bertz CT molecular complexity index is 415. The molecule has 94 valence electrons. The van der Waals surface area contributed by atoms with Gasteiger partial charge in [0.2, 0.25) is 0 Å². The van der Waals surface area contributed by atoms with Crippen molar-refractivity contribution in [2.24, 2.45) is 11.1 Å². The van der Waals surface area contributed by atoms with Gasteiger partial charge in [-0.1, -0.05) is 19.9 Å². The van der Waals surface area contributed by atoms with Crippen molar-refractivity contribution in [1.29, 1.82) is 0 Å². The summed E-state index contributed by atoms with van der Waals surface area (Å²) in [5, 5.41) is 0. The summed E-state index contributed by atoms with van der Waals surface area (Å²) in [4.78, 5) is 0. The molecule has 3 heteroatoms. The lowest BCUT2D eigenvalue weighted by molar-refractivity contribution is 0.198. The molecule has 1 saturated carbocycles. The highest BCUT2D eigenvalue weighted by Crippen LogP contribution is 2.42. The molecule has 0 radical (unpaired) electrons. The minimum Gasteiger partial charge on any atom is -0.327 e. The Morgan fingerprint density at radius 3 is 2.59 bits per heavy atom.